The van der Waals surface area contributed by atoms with E-state index in [4.69, 9.17) is 4.74 Å². The first-order chi connectivity index (χ1) is 20.4. The molecule has 43 heavy (non-hydrogen) atoms. The average Bonchev–Trinajstić information content (AvgIpc) is 3.36. The largest absolute Gasteiger partial charge is 0.462 e. The number of rotatable bonds is 7. The van der Waals surface area contributed by atoms with Crippen molar-refractivity contribution >= 4 is 35.1 Å². The first kappa shape index (κ1) is 32.2. The molecule has 0 aromatic heterocycles. The fourth-order valence-electron chi connectivity index (χ4n) is 9.07. The van der Waals surface area contributed by atoms with Crippen LogP contribution in [0.3, 0.4) is 0 Å². The number of piperidine rings is 1. The Morgan fingerprint density at radius 2 is 1.98 bits per heavy atom. The van der Waals surface area contributed by atoms with Crippen LogP contribution in [-0.4, -0.2) is 53.3 Å². The van der Waals surface area contributed by atoms with Gasteiger partial charge in [-0.25, -0.2) is 0 Å². The molecule has 3 aliphatic carbocycles. The second kappa shape index (κ2) is 12.7. The van der Waals surface area contributed by atoms with Gasteiger partial charge >= 0.3 is 5.97 Å². The maximum atomic E-state index is 13.6. The third-order valence-electron chi connectivity index (χ3n) is 11.8. The normalized spacial score (nSPS) is 39.5. The van der Waals surface area contributed by atoms with Crippen molar-refractivity contribution in [3.8, 4) is 0 Å². The number of amides is 1. The fourth-order valence-corrected chi connectivity index (χ4v) is 9.81. The number of esters is 1. The molecule has 2 bridgehead atoms. The lowest BCUT2D eigenvalue weighted by atomic mass is 9.48. The van der Waals surface area contributed by atoms with Crippen LogP contribution in [0.15, 0.2) is 41.8 Å². The first-order valence-corrected chi connectivity index (χ1v) is 17.2. The topological polar surface area (TPSA) is 105 Å². The smallest absolute Gasteiger partial charge is 0.316 e. The van der Waals surface area contributed by atoms with Crippen molar-refractivity contribution in [1.29, 1.82) is 0 Å². The van der Waals surface area contributed by atoms with Gasteiger partial charge in [0.05, 0.1) is 17.9 Å². The van der Waals surface area contributed by atoms with Gasteiger partial charge in [-0.3, -0.25) is 14.4 Å². The summed E-state index contributed by atoms with van der Waals surface area (Å²) in [6.07, 6.45) is 8.07. The fraction of sp³-hybridized carbons (Fsp3) is 0.686. The number of aliphatic hydroxyl groups is 1. The minimum Gasteiger partial charge on any atom is -0.462 e. The average molecular weight is 611 g/mol. The van der Waals surface area contributed by atoms with Crippen molar-refractivity contribution in [1.82, 2.24) is 5.32 Å². The number of hydrogen-bond acceptors (Lipinski definition) is 7. The van der Waals surface area contributed by atoms with Crippen LogP contribution >= 0.6 is 11.8 Å². The highest BCUT2D eigenvalue weighted by atomic mass is 32.2. The summed E-state index contributed by atoms with van der Waals surface area (Å²) in [7, 11) is 0. The zero-order valence-corrected chi connectivity index (χ0v) is 27.1. The number of carbonyl (C=O) groups excluding carboxylic acids is 3. The molecule has 1 aromatic rings. The Kier molecular flexibility index (Phi) is 9.51. The van der Waals surface area contributed by atoms with E-state index in [1.54, 1.807) is 0 Å². The molecular weight excluding hydrogens is 560 g/mol. The van der Waals surface area contributed by atoms with Gasteiger partial charge in [0.2, 0.25) is 5.91 Å². The lowest BCUT2D eigenvalue weighted by molar-refractivity contribution is -0.154. The van der Waals surface area contributed by atoms with Gasteiger partial charge in [0, 0.05) is 28.3 Å². The Morgan fingerprint density at radius 1 is 1.19 bits per heavy atom. The van der Waals surface area contributed by atoms with E-state index < -0.39 is 17.6 Å². The van der Waals surface area contributed by atoms with Crippen LogP contribution in [0.4, 0.5) is 5.69 Å². The third-order valence-corrected chi connectivity index (χ3v) is 12.8. The number of ketones is 1. The van der Waals surface area contributed by atoms with Gasteiger partial charge in [-0.15, -0.1) is 18.3 Å². The van der Waals surface area contributed by atoms with Gasteiger partial charge < -0.3 is 20.5 Å². The van der Waals surface area contributed by atoms with E-state index in [-0.39, 0.29) is 46.3 Å². The van der Waals surface area contributed by atoms with Crippen LogP contribution < -0.4 is 10.6 Å². The van der Waals surface area contributed by atoms with Crippen molar-refractivity contribution in [3.63, 3.8) is 0 Å². The number of nitrogens with one attached hydrogen (secondary N) is 2. The summed E-state index contributed by atoms with van der Waals surface area (Å²) in [5, 5.41) is 18.1. The molecule has 4 unspecified atom stereocenters. The number of aliphatic hydroxyl groups excluding tert-OH is 1. The van der Waals surface area contributed by atoms with E-state index >= 15 is 0 Å². The molecule has 1 heterocycles. The molecule has 3 saturated carbocycles. The van der Waals surface area contributed by atoms with Crippen LogP contribution in [0.1, 0.15) is 85.5 Å². The van der Waals surface area contributed by atoms with Crippen molar-refractivity contribution in [3.05, 3.63) is 36.9 Å². The highest BCUT2D eigenvalue weighted by Crippen LogP contribution is 2.66. The molecule has 0 spiro atoms. The second-order valence-electron chi connectivity index (χ2n) is 14.3. The van der Waals surface area contributed by atoms with E-state index in [1.165, 1.54) is 11.8 Å². The molecule has 1 amide bonds. The summed E-state index contributed by atoms with van der Waals surface area (Å²) in [5.74, 6) is 0.187. The quantitative estimate of drug-likeness (QED) is 0.193. The molecule has 4 fully saturated rings. The molecule has 5 rings (SSSR count). The Labute approximate surface area is 261 Å². The van der Waals surface area contributed by atoms with Gasteiger partial charge in [-0.1, -0.05) is 46.3 Å². The monoisotopic (exact) mass is 610 g/mol. The highest BCUT2D eigenvalue weighted by molar-refractivity contribution is 8.00. The number of Topliss-reactive ketones (excluding diaryl/α,β-unsaturated/α-hetero) is 1. The molecule has 1 aliphatic heterocycles. The Bertz CT molecular complexity index is 1230. The van der Waals surface area contributed by atoms with Gasteiger partial charge in [0.25, 0.3) is 0 Å². The summed E-state index contributed by atoms with van der Waals surface area (Å²) < 4.78 is 6.24. The number of carbonyl (C=O) groups is 3. The SMILES string of the molecule is C=C[C@]1(C)C[C@@H](OC(=O)CSc2cccc(NC(=O)C3CCCCN3)c2)C[C@@]2(C)C3C(=O)CCC3(CC[C@H]2C)[C@@H](C)C1O. The lowest BCUT2D eigenvalue weighted by Crippen LogP contribution is -2.54. The van der Waals surface area contributed by atoms with Crippen molar-refractivity contribution in [2.75, 3.05) is 17.6 Å². The highest BCUT2D eigenvalue weighted by Gasteiger charge is 2.65. The van der Waals surface area contributed by atoms with Crippen LogP contribution in [0.5, 0.6) is 0 Å². The number of hydrogen-bond donors (Lipinski definition) is 3. The third kappa shape index (κ3) is 6.21. The van der Waals surface area contributed by atoms with Crippen molar-refractivity contribution in [2.45, 2.75) is 109 Å². The summed E-state index contributed by atoms with van der Waals surface area (Å²) in [6, 6.07) is 7.38. The van der Waals surface area contributed by atoms with Crippen molar-refractivity contribution < 1.29 is 24.2 Å². The van der Waals surface area contributed by atoms with E-state index in [2.05, 4.69) is 38.0 Å². The lowest BCUT2D eigenvalue weighted by Gasteiger charge is -2.56. The zero-order chi connectivity index (χ0) is 31.0. The van der Waals surface area contributed by atoms with E-state index in [1.807, 2.05) is 37.3 Å². The summed E-state index contributed by atoms with van der Waals surface area (Å²) >= 11 is 1.38. The Hall–Kier alpha value is -2.16. The number of benzene rings is 1. The first-order valence-electron chi connectivity index (χ1n) is 16.2. The van der Waals surface area contributed by atoms with Crippen LogP contribution in [0.25, 0.3) is 0 Å². The van der Waals surface area contributed by atoms with Crippen LogP contribution in [-0.2, 0) is 19.1 Å². The van der Waals surface area contributed by atoms with Gasteiger partial charge in [-0.2, -0.15) is 0 Å². The minimum absolute atomic E-state index is 0.0292. The van der Waals surface area contributed by atoms with Crippen LogP contribution in [0.2, 0.25) is 0 Å². The van der Waals surface area contributed by atoms with E-state index in [0.717, 1.165) is 50.0 Å². The standard InChI is InChI=1S/C35H50N2O5S/c1-6-33(4)19-25(20-34(5)22(2)13-15-35(23(3)31(33)40)16-14-28(38)30(34)35)42-29(39)21-43-26-11-9-10-24(18-26)37-32(41)27-12-7-8-17-36-27/h6,9-11,18,22-23,25,27,30-31,36,40H,1,7-8,12-17,19-21H2,2-5H3,(H,37,41)/t22-,23+,25-,27?,30?,31?,33-,34-,35?/m1/s1. The summed E-state index contributed by atoms with van der Waals surface area (Å²) in [4.78, 5) is 40.5. The Morgan fingerprint density at radius 3 is 2.70 bits per heavy atom. The van der Waals surface area contributed by atoms with Crippen LogP contribution in [0, 0.1) is 34.0 Å². The molecule has 1 saturated heterocycles. The molecule has 3 N–H and O–H groups in total. The molecule has 9 atom stereocenters. The molecule has 236 valence electrons. The minimum atomic E-state index is -0.688. The second-order valence-corrected chi connectivity index (χ2v) is 15.4. The van der Waals surface area contributed by atoms with E-state index in [9.17, 15) is 19.5 Å². The summed E-state index contributed by atoms with van der Waals surface area (Å²) in [6.45, 7) is 13.6. The maximum absolute atomic E-state index is 13.6. The molecule has 7 nitrogen and oxygen atoms in total. The molecule has 0 radical (unpaired) electrons. The molecule has 1 aromatic carbocycles. The predicted octanol–water partition coefficient (Wildman–Crippen LogP) is 6.16. The maximum Gasteiger partial charge on any atom is 0.316 e. The Balaban J connectivity index is 1.30. The van der Waals surface area contributed by atoms with Gasteiger partial charge in [0.15, 0.2) is 0 Å². The molecular formula is C35H50N2O5S. The predicted molar refractivity (Wildman–Crippen MR) is 171 cm³/mol. The van der Waals surface area contributed by atoms with E-state index in [0.29, 0.717) is 36.7 Å². The molecule has 4 aliphatic rings. The van der Waals surface area contributed by atoms with Gasteiger partial charge in [0.1, 0.15) is 11.9 Å². The summed E-state index contributed by atoms with van der Waals surface area (Å²) in [5.41, 5.74) is -0.492. The van der Waals surface area contributed by atoms with Gasteiger partial charge in [-0.05, 0) is 92.4 Å². The number of ether oxygens (including phenoxy) is 1. The number of thioether (sulfide) groups is 1. The molecule has 8 heteroatoms. The number of anilines is 1. The van der Waals surface area contributed by atoms with Crippen molar-refractivity contribution in [2.24, 2.45) is 34.0 Å². The zero-order valence-electron chi connectivity index (χ0n) is 26.3.